The Balaban J connectivity index is 1.46. The van der Waals surface area contributed by atoms with Gasteiger partial charge in [0, 0.05) is 13.2 Å². The molecule has 0 spiro atoms. The second-order valence-corrected chi connectivity index (χ2v) is 8.72. The number of ether oxygens (including phenoxy) is 1. The van der Waals surface area contributed by atoms with Crippen LogP contribution in [-0.4, -0.2) is 24.7 Å². The Hall–Kier alpha value is -2.96. The van der Waals surface area contributed by atoms with E-state index in [1.807, 2.05) is 18.2 Å². The van der Waals surface area contributed by atoms with E-state index in [1.54, 1.807) is 24.5 Å². The van der Waals surface area contributed by atoms with E-state index >= 15 is 0 Å². The Morgan fingerprint density at radius 1 is 1.03 bits per heavy atom. The highest BCUT2D eigenvalue weighted by molar-refractivity contribution is 7.18. The van der Waals surface area contributed by atoms with Gasteiger partial charge in [0.25, 0.3) is 0 Å². The molecule has 4 nitrogen and oxygen atoms in total. The Labute approximate surface area is 186 Å². The van der Waals surface area contributed by atoms with Crippen molar-refractivity contribution in [3.8, 4) is 0 Å². The number of fused-ring (bicyclic) bond motifs is 1. The monoisotopic (exact) mass is 435 g/mol. The predicted molar refractivity (Wildman–Crippen MR) is 128 cm³/mol. The molecule has 0 bridgehead atoms. The summed E-state index contributed by atoms with van der Waals surface area (Å²) >= 11 is 1.58. The van der Waals surface area contributed by atoms with Crippen LogP contribution in [0.5, 0.6) is 0 Å². The van der Waals surface area contributed by atoms with Crippen LogP contribution in [0.25, 0.3) is 10.2 Å². The van der Waals surface area contributed by atoms with Gasteiger partial charge in [0.2, 0.25) is 0 Å². The van der Waals surface area contributed by atoms with Crippen LogP contribution in [0.3, 0.4) is 0 Å². The van der Waals surface area contributed by atoms with Crippen molar-refractivity contribution in [3.05, 3.63) is 88.7 Å². The molecule has 0 aliphatic rings. The Morgan fingerprint density at radius 3 is 2.58 bits per heavy atom. The van der Waals surface area contributed by atoms with Crippen molar-refractivity contribution < 1.29 is 9.13 Å². The number of nitrogens with zero attached hydrogens (tertiary/aromatic N) is 1. The summed E-state index contributed by atoms with van der Waals surface area (Å²) in [6.45, 7) is 3.27. The molecule has 1 atom stereocenters. The molecule has 2 N–H and O–H groups in total. The van der Waals surface area contributed by atoms with E-state index in [0.717, 1.165) is 27.5 Å². The van der Waals surface area contributed by atoms with Crippen molar-refractivity contribution in [2.24, 2.45) is 0 Å². The van der Waals surface area contributed by atoms with Crippen LogP contribution >= 0.6 is 11.3 Å². The fraction of sp³-hybridized carbons (Fsp3) is 0.240. The third kappa shape index (κ3) is 5.60. The van der Waals surface area contributed by atoms with Crippen molar-refractivity contribution in [1.29, 1.82) is 0 Å². The minimum atomic E-state index is -0.260. The lowest BCUT2D eigenvalue weighted by Gasteiger charge is -2.22. The molecule has 1 aromatic heterocycles. The van der Waals surface area contributed by atoms with Crippen molar-refractivity contribution >= 4 is 32.9 Å². The van der Waals surface area contributed by atoms with Crippen molar-refractivity contribution in [1.82, 2.24) is 4.98 Å². The molecular formula is C25H26FN3OS. The van der Waals surface area contributed by atoms with Crippen LogP contribution < -0.4 is 10.6 Å². The highest BCUT2D eigenvalue weighted by atomic mass is 32.1. The maximum atomic E-state index is 13.4. The minimum Gasteiger partial charge on any atom is -0.383 e. The molecule has 0 aliphatic heterocycles. The Bertz CT molecular complexity index is 1140. The number of para-hydroxylation sites is 2. The molecule has 0 radical (unpaired) electrons. The number of hydrogen-bond donors (Lipinski definition) is 2. The first-order chi connectivity index (χ1) is 15.1. The van der Waals surface area contributed by atoms with Gasteiger partial charge in [-0.2, -0.15) is 0 Å². The lowest BCUT2D eigenvalue weighted by atomic mass is 10.0. The first-order valence-corrected chi connectivity index (χ1v) is 11.1. The molecule has 0 unspecified atom stereocenters. The number of nitrogens with one attached hydrogen (secondary N) is 2. The zero-order chi connectivity index (χ0) is 21.6. The molecule has 0 saturated carbocycles. The largest absolute Gasteiger partial charge is 0.383 e. The molecule has 4 rings (SSSR count). The highest BCUT2D eigenvalue weighted by Gasteiger charge is 2.13. The molecule has 0 saturated heterocycles. The van der Waals surface area contributed by atoms with E-state index in [-0.39, 0.29) is 11.9 Å². The molecule has 0 fully saturated rings. The van der Waals surface area contributed by atoms with Crippen molar-refractivity contribution in [2.75, 3.05) is 24.4 Å². The molecule has 160 valence electrons. The van der Waals surface area contributed by atoms with Crippen LogP contribution in [0.2, 0.25) is 0 Å². The van der Waals surface area contributed by atoms with Gasteiger partial charge in [-0.15, -0.1) is 11.3 Å². The maximum absolute atomic E-state index is 13.4. The van der Waals surface area contributed by atoms with Crippen molar-refractivity contribution in [2.45, 2.75) is 25.9 Å². The van der Waals surface area contributed by atoms with Gasteiger partial charge in [-0.05, 0) is 43.2 Å². The quantitative estimate of drug-likeness (QED) is 0.337. The summed E-state index contributed by atoms with van der Waals surface area (Å²) in [5.74, 6) is -0.260. The SMILES string of the molecule is COC[C@H](Cc1ccc(C)cc1)Nc1ccccc1NCc1nc2cc(F)ccc2s1. The van der Waals surface area contributed by atoms with Gasteiger partial charge in [0.15, 0.2) is 0 Å². The number of anilines is 2. The van der Waals surface area contributed by atoms with Gasteiger partial charge < -0.3 is 15.4 Å². The highest BCUT2D eigenvalue weighted by Crippen LogP contribution is 2.26. The summed E-state index contributed by atoms with van der Waals surface area (Å²) in [4.78, 5) is 4.55. The number of thiazole rings is 1. The number of benzene rings is 3. The number of aryl methyl sites for hydroxylation is 1. The van der Waals surface area contributed by atoms with E-state index in [9.17, 15) is 4.39 Å². The predicted octanol–water partition coefficient (Wildman–Crippen LogP) is 6.03. The van der Waals surface area contributed by atoms with Crippen molar-refractivity contribution in [3.63, 3.8) is 0 Å². The molecule has 1 heterocycles. The summed E-state index contributed by atoms with van der Waals surface area (Å²) < 4.78 is 19.9. The lowest BCUT2D eigenvalue weighted by Crippen LogP contribution is -2.28. The second-order valence-electron chi connectivity index (χ2n) is 7.61. The van der Waals surface area contributed by atoms with E-state index in [1.165, 1.54) is 23.3 Å². The number of halogens is 1. The molecule has 3 aromatic carbocycles. The molecule has 6 heteroatoms. The van der Waals surface area contributed by atoms with E-state index in [4.69, 9.17) is 4.74 Å². The fourth-order valence-corrected chi connectivity index (χ4v) is 4.43. The van der Waals surface area contributed by atoms with E-state index < -0.39 is 0 Å². The van der Waals surface area contributed by atoms with Crippen LogP contribution in [0.4, 0.5) is 15.8 Å². The first-order valence-electron chi connectivity index (χ1n) is 10.3. The van der Waals surface area contributed by atoms with Gasteiger partial charge in [-0.25, -0.2) is 9.37 Å². The minimum absolute atomic E-state index is 0.140. The summed E-state index contributed by atoms with van der Waals surface area (Å²) in [7, 11) is 1.73. The third-order valence-corrected chi connectivity index (χ3v) is 6.12. The van der Waals surface area contributed by atoms with Crippen LogP contribution in [0, 0.1) is 12.7 Å². The average Bonchev–Trinajstić information content (AvgIpc) is 3.17. The average molecular weight is 436 g/mol. The maximum Gasteiger partial charge on any atom is 0.125 e. The number of methoxy groups -OCH3 is 1. The topological polar surface area (TPSA) is 46.2 Å². The molecule has 0 amide bonds. The molecule has 4 aromatic rings. The lowest BCUT2D eigenvalue weighted by molar-refractivity contribution is 0.185. The van der Waals surface area contributed by atoms with Crippen LogP contribution in [0.15, 0.2) is 66.7 Å². The summed E-state index contributed by atoms with van der Waals surface area (Å²) in [5.41, 5.74) is 5.24. The van der Waals surface area contributed by atoms with Crippen LogP contribution in [-0.2, 0) is 17.7 Å². The number of aromatic nitrogens is 1. The van der Waals surface area contributed by atoms with Gasteiger partial charge in [-0.1, -0.05) is 42.0 Å². The van der Waals surface area contributed by atoms with E-state index in [2.05, 4.69) is 52.9 Å². The summed E-state index contributed by atoms with van der Waals surface area (Å²) in [6.07, 6.45) is 0.867. The summed E-state index contributed by atoms with van der Waals surface area (Å²) in [5, 5.41) is 8.02. The molecular weight excluding hydrogens is 409 g/mol. The molecule has 31 heavy (non-hydrogen) atoms. The van der Waals surface area contributed by atoms with Gasteiger partial charge in [-0.3, -0.25) is 0 Å². The third-order valence-electron chi connectivity index (χ3n) is 5.08. The molecule has 0 aliphatic carbocycles. The van der Waals surface area contributed by atoms with Crippen LogP contribution in [0.1, 0.15) is 16.1 Å². The smallest absolute Gasteiger partial charge is 0.125 e. The fourth-order valence-electron chi connectivity index (χ4n) is 3.54. The standard InChI is InChI=1S/C25H26FN3OS/c1-17-7-9-18(10-8-17)13-20(16-30-2)28-22-6-4-3-5-21(22)27-15-25-29-23-14-19(26)11-12-24(23)31-25/h3-12,14,20,27-28H,13,15-16H2,1-2H3/t20-/m0/s1. The normalized spacial score (nSPS) is 12.1. The van der Waals surface area contributed by atoms with Gasteiger partial charge in [0.05, 0.1) is 40.8 Å². The zero-order valence-corrected chi connectivity index (χ0v) is 18.5. The zero-order valence-electron chi connectivity index (χ0n) is 17.7. The van der Waals surface area contributed by atoms with Gasteiger partial charge in [0.1, 0.15) is 10.8 Å². The van der Waals surface area contributed by atoms with E-state index in [0.29, 0.717) is 18.7 Å². The Morgan fingerprint density at radius 2 is 1.81 bits per heavy atom. The first kappa shape index (κ1) is 21.3. The Kier molecular flexibility index (Phi) is 6.79. The summed E-state index contributed by atoms with van der Waals surface area (Å²) in [6, 6.07) is 21.6. The number of hydrogen-bond acceptors (Lipinski definition) is 5. The second kappa shape index (κ2) is 9.90. The van der Waals surface area contributed by atoms with Gasteiger partial charge >= 0.3 is 0 Å². The number of rotatable bonds is 9.